The van der Waals surface area contributed by atoms with E-state index in [1.54, 1.807) is 35.6 Å². The zero-order valence-electron chi connectivity index (χ0n) is 23.6. The molecule has 4 aromatic rings. The summed E-state index contributed by atoms with van der Waals surface area (Å²) >= 11 is 3.10. The Morgan fingerprint density at radius 1 is 1.07 bits per heavy atom. The van der Waals surface area contributed by atoms with Crippen molar-refractivity contribution >= 4 is 45.8 Å². The van der Waals surface area contributed by atoms with Crippen LogP contribution in [-0.4, -0.2) is 28.7 Å². The maximum absolute atomic E-state index is 13.5. The third-order valence-electron chi connectivity index (χ3n) is 7.28. The topological polar surface area (TPSA) is 104 Å². The number of carbonyl (C=O) groups is 3. The van der Waals surface area contributed by atoms with Gasteiger partial charge in [-0.1, -0.05) is 36.0 Å². The van der Waals surface area contributed by atoms with E-state index in [2.05, 4.69) is 5.32 Å². The van der Waals surface area contributed by atoms with Crippen molar-refractivity contribution in [3.8, 4) is 10.0 Å². The van der Waals surface area contributed by atoms with Crippen LogP contribution < -0.4 is 48.4 Å². The fraction of sp³-hybridized carbons (Fsp3) is 0.367. The van der Waals surface area contributed by atoms with Crippen LogP contribution in [0.4, 0.5) is 5.69 Å². The number of thiazole rings is 2. The fourth-order valence-electron chi connectivity index (χ4n) is 4.97. The van der Waals surface area contributed by atoms with E-state index in [1.807, 2.05) is 41.4 Å². The molecule has 0 saturated carbocycles. The Labute approximate surface area is 273 Å². The molecule has 0 saturated heterocycles. The molecule has 1 aliphatic heterocycles. The van der Waals surface area contributed by atoms with Crippen molar-refractivity contribution in [2.45, 2.75) is 72.1 Å². The number of furan rings is 1. The van der Waals surface area contributed by atoms with Crippen LogP contribution in [0, 0.1) is 13.8 Å². The summed E-state index contributed by atoms with van der Waals surface area (Å²) in [4.78, 5) is 39.5. The maximum Gasteiger partial charge on any atom is 0.346 e. The second-order valence-electron chi connectivity index (χ2n) is 10.1. The Hall–Kier alpha value is -2.51. The van der Waals surface area contributed by atoms with E-state index in [-0.39, 0.29) is 70.3 Å². The molecule has 42 heavy (non-hydrogen) atoms. The third kappa shape index (κ3) is 7.34. The molecule has 1 aromatic carbocycles. The van der Waals surface area contributed by atoms with Crippen LogP contribution >= 0.6 is 22.7 Å². The Morgan fingerprint density at radius 3 is 2.55 bits per heavy atom. The normalized spacial score (nSPS) is 13.0. The van der Waals surface area contributed by atoms with Crippen molar-refractivity contribution in [1.29, 1.82) is 0 Å². The lowest BCUT2D eigenvalue weighted by molar-refractivity contribution is -0.702. The van der Waals surface area contributed by atoms with Crippen LogP contribution in [0.3, 0.4) is 0 Å². The summed E-state index contributed by atoms with van der Waals surface area (Å²) in [6.07, 6.45) is 3.98. The van der Waals surface area contributed by atoms with Gasteiger partial charge in [0.15, 0.2) is 17.1 Å². The number of aliphatic hydroxyl groups is 1. The van der Waals surface area contributed by atoms with Gasteiger partial charge in [0.1, 0.15) is 0 Å². The number of Topliss-reactive ketones (excluding diaryl/α,β-unsaturated/α-hetero) is 2. The summed E-state index contributed by atoms with van der Waals surface area (Å²) in [6.45, 7) is 6.29. The van der Waals surface area contributed by atoms with E-state index in [1.165, 1.54) is 17.6 Å². The number of halogens is 2. The van der Waals surface area contributed by atoms with E-state index >= 15 is 0 Å². The summed E-state index contributed by atoms with van der Waals surface area (Å²) < 4.78 is 9.35. The molecule has 0 bridgehead atoms. The van der Waals surface area contributed by atoms with Crippen molar-refractivity contribution in [2.75, 3.05) is 5.32 Å². The van der Waals surface area contributed by atoms with Gasteiger partial charge in [-0.05, 0) is 55.7 Å². The first-order chi connectivity index (χ1) is 19.2. The first-order valence-electron chi connectivity index (χ1n) is 13.5. The molecule has 0 fully saturated rings. The minimum absolute atomic E-state index is 0. The van der Waals surface area contributed by atoms with Crippen LogP contribution in [0.25, 0.3) is 10.0 Å². The molecule has 3 aromatic heterocycles. The summed E-state index contributed by atoms with van der Waals surface area (Å²) in [7, 11) is 0. The molecule has 5 rings (SSSR count). The van der Waals surface area contributed by atoms with Gasteiger partial charge >= 0.3 is 10.0 Å². The minimum Gasteiger partial charge on any atom is -1.00 e. The Morgan fingerprint density at radius 2 is 1.83 bits per heavy atom. The number of aromatic nitrogens is 2. The van der Waals surface area contributed by atoms with Gasteiger partial charge in [0.05, 0.1) is 29.0 Å². The van der Waals surface area contributed by atoms with Gasteiger partial charge in [0.25, 0.3) is 5.78 Å². The molecule has 4 heterocycles. The highest BCUT2D eigenvalue weighted by molar-refractivity contribution is 7.20. The van der Waals surface area contributed by atoms with Crippen LogP contribution in [0.1, 0.15) is 68.9 Å². The third-order valence-corrected chi connectivity index (χ3v) is 9.64. The highest BCUT2D eigenvalue weighted by Gasteiger charge is 2.36. The molecule has 8 nitrogen and oxygen atoms in total. The molecule has 2 N–H and O–H groups in total. The van der Waals surface area contributed by atoms with Gasteiger partial charge in [-0.15, -0.1) is 0 Å². The molecular weight excluding hydrogens is 706 g/mol. The Kier molecular flexibility index (Phi) is 12.0. The predicted octanol–water partition coefficient (Wildman–Crippen LogP) is -1.38. The number of nitrogens with one attached hydrogen (secondary N) is 1. The van der Waals surface area contributed by atoms with E-state index in [4.69, 9.17) is 4.42 Å². The number of amides is 1. The quantitative estimate of drug-likeness (QED) is 0.146. The summed E-state index contributed by atoms with van der Waals surface area (Å²) in [5.74, 6) is 0.0947. The van der Waals surface area contributed by atoms with Crippen LogP contribution in [0.5, 0.6) is 0 Å². The molecule has 224 valence electrons. The van der Waals surface area contributed by atoms with Gasteiger partial charge < -0.3 is 48.8 Å². The summed E-state index contributed by atoms with van der Waals surface area (Å²) in [6, 6.07) is 8.80. The molecule has 12 heteroatoms. The summed E-state index contributed by atoms with van der Waals surface area (Å²) in [5.41, 5.74) is 4.20. The number of nitrogens with zero attached hydrogens (tertiary/aromatic N) is 2. The largest absolute Gasteiger partial charge is 1.00 e. The minimum atomic E-state index is -0.508. The predicted molar refractivity (Wildman–Crippen MR) is 153 cm³/mol. The second kappa shape index (κ2) is 14.8. The molecule has 1 amide bonds. The van der Waals surface area contributed by atoms with E-state index in [0.717, 1.165) is 44.0 Å². The van der Waals surface area contributed by atoms with Gasteiger partial charge in [-0.3, -0.25) is 14.4 Å². The van der Waals surface area contributed by atoms with Gasteiger partial charge in [-0.2, -0.15) is 9.13 Å². The first kappa shape index (κ1) is 34.0. The van der Waals surface area contributed by atoms with Crippen LogP contribution in [0.2, 0.25) is 0 Å². The van der Waals surface area contributed by atoms with Crippen molar-refractivity contribution < 1.29 is 67.0 Å². The molecule has 1 aliphatic rings. The van der Waals surface area contributed by atoms with Gasteiger partial charge in [0, 0.05) is 24.6 Å². The number of rotatable bonds is 11. The molecule has 1 unspecified atom stereocenters. The second-order valence-corrected chi connectivity index (χ2v) is 12.2. The monoisotopic (exact) mass is 737 g/mol. The molecular formula is C30H33Br2N3O5S2. The number of carbonyl (C=O) groups excluding carboxylic acids is 3. The van der Waals surface area contributed by atoms with Crippen LogP contribution in [0.15, 0.2) is 46.4 Å². The number of aryl methyl sites for hydroxylation is 2. The molecule has 0 spiro atoms. The number of benzene rings is 1. The zero-order valence-corrected chi connectivity index (χ0v) is 28.4. The smallest absolute Gasteiger partial charge is 0.346 e. The number of fused-ring (bicyclic) bond motifs is 1. The lowest BCUT2D eigenvalue weighted by Crippen LogP contribution is -3.00. The lowest BCUT2D eigenvalue weighted by atomic mass is 9.99. The highest BCUT2D eigenvalue weighted by Crippen LogP contribution is 2.29. The van der Waals surface area contributed by atoms with Crippen molar-refractivity contribution in [3.63, 3.8) is 0 Å². The maximum atomic E-state index is 13.5. The Bertz CT molecular complexity index is 1580. The number of hydrogen-bond acceptors (Lipinski definition) is 7. The number of aliphatic hydroxyl groups excluding tert-OH is 1. The Balaban J connectivity index is 0.00000242. The zero-order chi connectivity index (χ0) is 28.4. The van der Waals surface area contributed by atoms with Gasteiger partial charge in [-0.25, -0.2) is 0 Å². The van der Waals surface area contributed by atoms with E-state index in [0.29, 0.717) is 31.2 Å². The van der Waals surface area contributed by atoms with Gasteiger partial charge in [0.2, 0.25) is 24.8 Å². The van der Waals surface area contributed by atoms with E-state index < -0.39 is 6.10 Å². The summed E-state index contributed by atoms with van der Waals surface area (Å²) in [5, 5.41) is 17.2. The number of ketones is 2. The fourth-order valence-corrected chi connectivity index (χ4v) is 7.29. The SMILES string of the molecule is CCCC(O)Cc1csc(-c2sc(C)c(C)[n+]2CC(=O)c2ccc3c(c2)CCC(=O)N3)[n+]1CC(=O)c1ccco1.[Br-].[Br-]. The number of hydrogen-bond donors (Lipinski definition) is 2. The number of anilines is 1. The molecule has 1 atom stereocenters. The average molecular weight is 740 g/mol. The molecule has 0 radical (unpaired) electrons. The lowest BCUT2D eigenvalue weighted by Gasteiger charge is -2.17. The first-order valence-corrected chi connectivity index (χ1v) is 15.2. The molecule has 0 aliphatic carbocycles. The average Bonchev–Trinajstić information content (AvgIpc) is 3.66. The highest BCUT2D eigenvalue weighted by atomic mass is 79.9. The van der Waals surface area contributed by atoms with Crippen molar-refractivity contribution in [1.82, 2.24) is 0 Å². The van der Waals surface area contributed by atoms with E-state index in [9.17, 15) is 19.5 Å². The van der Waals surface area contributed by atoms with Crippen LogP contribution in [-0.2, 0) is 30.7 Å². The standard InChI is InChI=1S/C30H32N3O5S2.2BrH/c1-4-6-23(34)14-22-17-39-29(33(22)16-26(36)27-7-5-12-38-27)30-32(18(2)19(3)40-30)15-25(35)21-8-10-24-20(13-21)9-11-28(37)31-24;;/h5,7-8,10,12-13,17,23,34H,4,6,9,11,14-16H2,1-3H3;2*1H/q+1;;/p-1. The van der Waals surface area contributed by atoms with Crippen molar-refractivity contribution in [3.05, 3.63) is 75.1 Å². The van der Waals surface area contributed by atoms with Crippen molar-refractivity contribution in [2.24, 2.45) is 0 Å².